The highest BCUT2D eigenvalue weighted by Crippen LogP contribution is 2.11. The van der Waals surface area contributed by atoms with Gasteiger partial charge in [-0.25, -0.2) is 0 Å². The Kier molecular flexibility index (Phi) is 4.00. The molecule has 0 aliphatic rings. The Bertz CT molecular complexity index is 579. The third-order valence-corrected chi connectivity index (χ3v) is 2.59. The summed E-state index contributed by atoms with van der Waals surface area (Å²) in [5.41, 5.74) is 6.95. The predicted molar refractivity (Wildman–Crippen MR) is 72.0 cm³/mol. The van der Waals surface area contributed by atoms with Gasteiger partial charge in [0.25, 0.3) is 5.91 Å². The average Bonchev–Trinajstić information content (AvgIpc) is 2.48. The van der Waals surface area contributed by atoms with Gasteiger partial charge in [0.2, 0.25) is 0 Å². The lowest BCUT2D eigenvalue weighted by Gasteiger charge is -2.05. The lowest BCUT2D eigenvalue weighted by Crippen LogP contribution is -2.14. The summed E-state index contributed by atoms with van der Waals surface area (Å²) in [7, 11) is 0. The van der Waals surface area contributed by atoms with Gasteiger partial charge in [-0.15, -0.1) is 0 Å². The summed E-state index contributed by atoms with van der Waals surface area (Å²) in [6.07, 6.45) is 3.11. The first-order chi connectivity index (χ1) is 9.20. The van der Waals surface area contributed by atoms with Crippen LogP contribution in [-0.4, -0.2) is 23.2 Å². The topological polar surface area (TPSA) is 85.1 Å². The van der Waals surface area contributed by atoms with Gasteiger partial charge in [-0.2, -0.15) is 0 Å². The van der Waals surface area contributed by atoms with Crippen LogP contribution in [0.15, 0.2) is 48.8 Å². The minimum Gasteiger partial charge on any atom is -0.324 e. The highest BCUT2D eigenvalue weighted by atomic mass is 16.1. The molecule has 96 valence electrons. The maximum absolute atomic E-state index is 11.9. The van der Waals surface area contributed by atoms with E-state index in [1.807, 2.05) is 0 Å². The van der Waals surface area contributed by atoms with Crippen molar-refractivity contribution < 1.29 is 9.59 Å². The molecule has 2 rings (SSSR count). The first kappa shape index (κ1) is 12.9. The van der Waals surface area contributed by atoms with E-state index in [1.54, 1.807) is 48.8 Å². The molecule has 1 aromatic heterocycles. The monoisotopic (exact) mass is 255 g/mol. The molecule has 3 N–H and O–H groups in total. The molecule has 0 aliphatic heterocycles. The zero-order chi connectivity index (χ0) is 13.7. The summed E-state index contributed by atoms with van der Waals surface area (Å²) in [6, 6.07) is 9.86. The molecule has 0 bridgehead atoms. The fraction of sp³-hybridized carbons (Fsp3) is 0.0714. The Morgan fingerprint density at radius 2 is 1.63 bits per heavy atom. The fourth-order valence-corrected chi connectivity index (χ4v) is 1.56. The minimum absolute atomic E-state index is 0.0251. The number of rotatable bonds is 4. The van der Waals surface area contributed by atoms with Crippen molar-refractivity contribution in [3.05, 3.63) is 59.9 Å². The van der Waals surface area contributed by atoms with Crippen LogP contribution in [0.3, 0.4) is 0 Å². The van der Waals surface area contributed by atoms with Gasteiger partial charge in [-0.05, 0) is 36.4 Å². The number of nitrogens with two attached hydrogens (primary N) is 1. The van der Waals surface area contributed by atoms with Crippen LogP contribution in [0.5, 0.6) is 0 Å². The first-order valence-electron chi connectivity index (χ1n) is 5.75. The molecule has 0 unspecified atom stereocenters. The van der Waals surface area contributed by atoms with Crippen molar-refractivity contribution in [1.29, 1.82) is 0 Å². The number of carbonyl (C=O) groups is 2. The van der Waals surface area contributed by atoms with Crippen molar-refractivity contribution >= 4 is 17.4 Å². The summed E-state index contributed by atoms with van der Waals surface area (Å²) in [6.45, 7) is -0.0251. The summed E-state index contributed by atoms with van der Waals surface area (Å²) in [5.74, 6) is -0.354. The number of hydrogen-bond donors (Lipinski definition) is 2. The molecule has 1 aromatic carbocycles. The van der Waals surface area contributed by atoms with Gasteiger partial charge in [0.05, 0.1) is 6.54 Å². The number of pyridine rings is 1. The molecule has 0 fully saturated rings. The zero-order valence-electron chi connectivity index (χ0n) is 10.2. The molecule has 5 nitrogen and oxygen atoms in total. The van der Waals surface area contributed by atoms with Crippen LogP contribution in [0, 0.1) is 0 Å². The number of benzene rings is 1. The van der Waals surface area contributed by atoms with E-state index in [1.165, 1.54) is 0 Å². The largest absolute Gasteiger partial charge is 0.324 e. The molecule has 1 heterocycles. The number of nitrogens with zero attached hydrogens (tertiary/aromatic N) is 1. The van der Waals surface area contributed by atoms with Gasteiger partial charge in [0.15, 0.2) is 5.78 Å². The van der Waals surface area contributed by atoms with E-state index in [4.69, 9.17) is 5.73 Å². The SMILES string of the molecule is NCC(=O)c1ccc(NC(=O)c2ccncc2)cc1. The van der Waals surface area contributed by atoms with Gasteiger partial charge in [-0.1, -0.05) is 0 Å². The van der Waals surface area contributed by atoms with Crippen LogP contribution in [0.25, 0.3) is 0 Å². The number of anilines is 1. The summed E-state index contributed by atoms with van der Waals surface area (Å²) >= 11 is 0. The second-order valence-corrected chi connectivity index (χ2v) is 3.89. The van der Waals surface area contributed by atoms with Crippen LogP contribution in [-0.2, 0) is 0 Å². The number of ketones is 1. The maximum atomic E-state index is 11.9. The lowest BCUT2D eigenvalue weighted by atomic mass is 10.1. The van der Waals surface area contributed by atoms with Crippen LogP contribution < -0.4 is 11.1 Å². The van der Waals surface area contributed by atoms with Crippen molar-refractivity contribution in [2.45, 2.75) is 0 Å². The van der Waals surface area contributed by atoms with E-state index in [-0.39, 0.29) is 18.2 Å². The summed E-state index contributed by atoms with van der Waals surface area (Å²) in [5, 5.41) is 2.73. The van der Waals surface area contributed by atoms with Crippen molar-refractivity contribution in [2.75, 3.05) is 11.9 Å². The Hall–Kier alpha value is -2.53. The standard InChI is InChI=1S/C14H13N3O2/c15-9-13(18)10-1-3-12(4-2-10)17-14(19)11-5-7-16-8-6-11/h1-8H,9,15H2,(H,17,19). The second kappa shape index (κ2) is 5.88. The molecule has 0 atom stereocenters. The van der Waals surface area contributed by atoms with Gasteiger partial charge < -0.3 is 11.1 Å². The van der Waals surface area contributed by atoms with E-state index >= 15 is 0 Å². The quantitative estimate of drug-likeness (QED) is 0.810. The molecule has 0 saturated carbocycles. The molecule has 0 spiro atoms. The number of carbonyl (C=O) groups excluding carboxylic acids is 2. The van der Waals surface area contributed by atoms with Gasteiger partial charge in [0.1, 0.15) is 0 Å². The van der Waals surface area contributed by atoms with E-state index in [2.05, 4.69) is 10.3 Å². The lowest BCUT2D eigenvalue weighted by molar-refractivity contribution is 0.0999. The predicted octanol–water partition coefficient (Wildman–Crippen LogP) is 1.48. The van der Waals surface area contributed by atoms with Gasteiger partial charge >= 0.3 is 0 Å². The Morgan fingerprint density at radius 1 is 1.00 bits per heavy atom. The fourth-order valence-electron chi connectivity index (χ4n) is 1.56. The van der Waals surface area contributed by atoms with Crippen LogP contribution >= 0.6 is 0 Å². The maximum Gasteiger partial charge on any atom is 0.255 e. The van der Waals surface area contributed by atoms with Crippen LogP contribution in [0.4, 0.5) is 5.69 Å². The van der Waals surface area contributed by atoms with Crippen molar-refractivity contribution in [3.63, 3.8) is 0 Å². The Morgan fingerprint density at radius 3 is 2.21 bits per heavy atom. The van der Waals surface area contributed by atoms with Gasteiger partial charge in [-0.3, -0.25) is 14.6 Å². The molecule has 0 aliphatic carbocycles. The minimum atomic E-state index is -0.222. The Labute approximate surface area is 110 Å². The number of hydrogen-bond acceptors (Lipinski definition) is 4. The molecule has 0 radical (unpaired) electrons. The van der Waals surface area contributed by atoms with E-state index in [0.29, 0.717) is 16.8 Å². The van der Waals surface area contributed by atoms with Crippen molar-refractivity contribution in [3.8, 4) is 0 Å². The van der Waals surface area contributed by atoms with Gasteiger partial charge in [0, 0.05) is 29.2 Å². The first-order valence-corrected chi connectivity index (χ1v) is 5.75. The number of Topliss-reactive ketones (excluding diaryl/α,β-unsaturated/α-hetero) is 1. The molecule has 0 saturated heterocycles. The number of amides is 1. The highest BCUT2D eigenvalue weighted by molar-refractivity contribution is 6.04. The molecule has 2 aromatic rings. The molecular formula is C14H13N3O2. The second-order valence-electron chi connectivity index (χ2n) is 3.89. The number of nitrogens with one attached hydrogen (secondary N) is 1. The van der Waals surface area contributed by atoms with Crippen LogP contribution in [0.2, 0.25) is 0 Å². The average molecular weight is 255 g/mol. The van der Waals surface area contributed by atoms with Crippen LogP contribution in [0.1, 0.15) is 20.7 Å². The highest BCUT2D eigenvalue weighted by Gasteiger charge is 2.06. The van der Waals surface area contributed by atoms with Crippen molar-refractivity contribution in [1.82, 2.24) is 4.98 Å². The zero-order valence-corrected chi connectivity index (χ0v) is 10.2. The molecule has 5 heteroatoms. The van der Waals surface area contributed by atoms with E-state index in [0.717, 1.165) is 0 Å². The normalized spacial score (nSPS) is 9.95. The third kappa shape index (κ3) is 3.23. The van der Waals surface area contributed by atoms with Crippen molar-refractivity contribution in [2.24, 2.45) is 5.73 Å². The molecule has 1 amide bonds. The smallest absolute Gasteiger partial charge is 0.255 e. The molecule has 19 heavy (non-hydrogen) atoms. The Balaban J connectivity index is 2.08. The third-order valence-electron chi connectivity index (χ3n) is 2.59. The van der Waals surface area contributed by atoms with E-state index < -0.39 is 0 Å². The van der Waals surface area contributed by atoms with E-state index in [9.17, 15) is 9.59 Å². The number of aromatic nitrogens is 1. The summed E-state index contributed by atoms with van der Waals surface area (Å²) < 4.78 is 0. The molecular weight excluding hydrogens is 242 g/mol. The summed E-state index contributed by atoms with van der Waals surface area (Å²) in [4.78, 5) is 27.1.